The summed E-state index contributed by atoms with van der Waals surface area (Å²) in [5.41, 5.74) is 8.31. The number of nitrogens with two attached hydrogens (primary N) is 1. The Kier molecular flexibility index (Phi) is 4.46. The van der Waals surface area contributed by atoms with Crippen molar-refractivity contribution in [2.75, 3.05) is 5.32 Å². The summed E-state index contributed by atoms with van der Waals surface area (Å²) in [6.07, 6.45) is 1.54. The first kappa shape index (κ1) is 14.6. The summed E-state index contributed by atoms with van der Waals surface area (Å²) in [6.45, 7) is 1.87. The lowest BCUT2D eigenvalue weighted by molar-refractivity contribution is 0.102. The molecule has 0 atom stereocenters. The quantitative estimate of drug-likeness (QED) is 0.835. The number of nitrogens with one attached hydrogen (secondary N) is 1. The molecule has 0 saturated heterocycles. The van der Waals surface area contributed by atoms with Gasteiger partial charge in [-0.05, 0) is 53.2 Å². The Morgan fingerprint density at radius 2 is 2.00 bits per heavy atom. The van der Waals surface area contributed by atoms with E-state index in [0.29, 0.717) is 16.2 Å². The molecular weight excluding hydrogens is 338 g/mol. The van der Waals surface area contributed by atoms with Crippen LogP contribution in [0.1, 0.15) is 21.6 Å². The predicted molar refractivity (Wildman–Crippen MR) is 87.0 cm³/mol. The average Bonchev–Trinajstić information content (AvgIpc) is 2.41. The minimum atomic E-state index is -0.221. The van der Waals surface area contributed by atoms with Gasteiger partial charge in [0.05, 0.1) is 11.3 Å². The van der Waals surface area contributed by atoms with E-state index in [1.807, 2.05) is 6.92 Å². The van der Waals surface area contributed by atoms with E-state index in [9.17, 15) is 4.79 Å². The van der Waals surface area contributed by atoms with E-state index < -0.39 is 0 Å². The molecule has 1 heterocycles. The molecule has 0 aliphatic heterocycles. The fraction of sp³-hybridized carbons (Fsp3) is 0.0714. The summed E-state index contributed by atoms with van der Waals surface area (Å²) in [5, 5.41) is 2.80. The maximum absolute atomic E-state index is 12.1. The minimum absolute atomic E-state index is 0.221. The van der Waals surface area contributed by atoms with Crippen LogP contribution in [0.3, 0.4) is 0 Å². The van der Waals surface area contributed by atoms with E-state index >= 15 is 0 Å². The molecule has 0 aliphatic rings. The molecule has 102 valence electrons. The zero-order chi connectivity index (χ0) is 14.7. The van der Waals surface area contributed by atoms with Crippen LogP contribution in [0, 0.1) is 6.92 Å². The number of halogens is 1. The van der Waals surface area contributed by atoms with Crippen LogP contribution >= 0.6 is 28.1 Å². The van der Waals surface area contributed by atoms with Gasteiger partial charge < -0.3 is 11.1 Å². The molecule has 0 spiro atoms. The average molecular weight is 350 g/mol. The topological polar surface area (TPSA) is 68.0 Å². The number of carbonyl (C=O) groups excluding carboxylic acids is 1. The van der Waals surface area contributed by atoms with E-state index in [1.165, 1.54) is 0 Å². The lowest BCUT2D eigenvalue weighted by Crippen LogP contribution is -2.14. The van der Waals surface area contributed by atoms with Gasteiger partial charge in [-0.1, -0.05) is 12.2 Å². The Hall–Kier alpha value is -1.79. The third-order valence-corrected chi connectivity index (χ3v) is 3.57. The molecule has 2 aromatic rings. The number of hydrogen-bond donors (Lipinski definition) is 2. The molecule has 20 heavy (non-hydrogen) atoms. The van der Waals surface area contributed by atoms with Gasteiger partial charge in [-0.2, -0.15) is 0 Å². The number of rotatable bonds is 3. The van der Waals surface area contributed by atoms with Crippen molar-refractivity contribution in [3.8, 4) is 0 Å². The Labute approximate surface area is 130 Å². The van der Waals surface area contributed by atoms with Crippen molar-refractivity contribution in [3.05, 3.63) is 57.8 Å². The van der Waals surface area contributed by atoms with Gasteiger partial charge in [0.2, 0.25) is 0 Å². The summed E-state index contributed by atoms with van der Waals surface area (Å²) < 4.78 is 0.719. The number of hydrogen-bond acceptors (Lipinski definition) is 3. The van der Waals surface area contributed by atoms with Gasteiger partial charge in [-0.3, -0.25) is 9.78 Å². The number of aromatic nitrogens is 1. The third kappa shape index (κ3) is 3.40. The van der Waals surface area contributed by atoms with Crippen LogP contribution in [0.4, 0.5) is 5.69 Å². The molecule has 4 nitrogen and oxygen atoms in total. The molecule has 2 rings (SSSR count). The first-order valence-electron chi connectivity index (χ1n) is 5.81. The zero-order valence-electron chi connectivity index (χ0n) is 10.7. The number of anilines is 1. The number of thiocarbonyl (C=S) groups is 1. The van der Waals surface area contributed by atoms with Gasteiger partial charge in [-0.25, -0.2) is 0 Å². The molecule has 1 aromatic heterocycles. The number of carbonyl (C=O) groups is 1. The van der Waals surface area contributed by atoms with Crippen molar-refractivity contribution >= 4 is 44.7 Å². The summed E-state index contributed by atoms with van der Waals surface area (Å²) in [7, 11) is 0. The number of pyridine rings is 1. The Bertz CT molecular complexity index is 671. The fourth-order valence-electron chi connectivity index (χ4n) is 1.57. The van der Waals surface area contributed by atoms with Crippen LogP contribution in [-0.4, -0.2) is 15.9 Å². The smallest absolute Gasteiger partial charge is 0.257 e. The molecular formula is C14H12BrN3OS. The van der Waals surface area contributed by atoms with Crippen LogP contribution < -0.4 is 11.1 Å². The van der Waals surface area contributed by atoms with Crippen molar-refractivity contribution in [2.24, 2.45) is 5.73 Å². The number of amides is 1. The minimum Gasteiger partial charge on any atom is -0.389 e. The highest BCUT2D eigenvalue weighted by Gasteiger charge is 2.09. The maximum Gasteiger partial charge on any atom is 0.257 e. The first-order chi connectivity index (χ1) is 9.47. The first-order valence-corrected chi connectivity index (χ1v) is 7.01. The van der Waals surface area contributed by atoms with E-state index in [4.69, 9.17) is 18.0 Å². The van der Waals surface area contributed by atoms with Gasteiger partial charge in [0.25, 0.3) is 5.91 Å². The van der Waals surface area contributed by atoms with Crippen molar-refractivity contribution in [3.63, 3.8) is 0 Å². The van der Waals surface area contributed by atoms with Crippen LogP contribution in [0.25, 0.3) is 0 Å². The highest BCUT2D eigenvalue weighted by molar-refractivity contribution is 9.10. The molecule has 0 fully saturated rings. The molecule has 0 radical (unpaired) electrons. The van der Waals surface area contributed by atoms with Crippen molar-refractivity contribution < 1.29 is 4.79 Å². The summed E-state index contributed by atoms with van der Waals surface area (Å²) in [4.78, 5) is 16.5. The molecule has 0 unspecified atom stereocenters. The monoisotopic (exact) mass is 349 g/mol. The highest BCUT2D eigenvalue weighted by Crippen LogP contribution is 2.24. The molecule has 0 bridgehead atoms. The molecule has 3 N–H and O–H groups in total. The summed E-state index contributed by atoms with van der Waals surface area (Å²) in [5.74, 6) is -0.221. The van der Waals surface area contributed by atoms with E-state index in [-0.39, 0.29) is 5.91 Å². The number of nitrogens with zero attached hydrogens (tertiary/aromatic N) is 1. The van der Waals surface area contributed by atoms with Gasteiger partial charge in [0, 0.05) is 21.9 Å². The second-order valence-corrected chi connectivity index (χ2v) is 5.50. The van der Waals surface area contributed by atoms with Gasteiger partial charge in [0.1, 0.15) is 4.99 Å². The Morgan fingerprint density at radius 3 is 2.55 bits per heavy atom. The lowest BCUT2D eigenvalue weighted by Gasteiger charge is -2.09. The van der Waals surface area contributed by atoms with Crippen LogP contribution in [0.15, 0.2) is 41.0 Å². The summed E-state index contributed by atoms with van der Waals surface area (Å²) in [6, 6.07) is 8.80. The molecule has 6 heteroatoms. The normalized spacial score (nSPS) is 10.1. The van der Waals surface area contributed by atoms with Crippen molar-refractivity contribution in [1.82, 2.24) is 4.98 Å². The lowest BCUT2D eigenvalue weighted by atomic mass is 10.2. The van der Waals surface area contributed by atoms with E-state index in [1.54, 1.807) is 36.5 Å². The highest BCUT2D eigenvalue weighted by atomic mass is 79.9. The predicted octanol–water partition coefficient (Wildman–Crippen LogP) is 3.04. The van der Waals surface area contributed by atoms with E-state index in [0.717, 1.165) is 15.7 Å². The van der Waals surface area contributed by atoms with Gasteiger partial charge in [-0.15, -0.1) is 0 Å². The molecule has 1 aromatic carbocycles. The largest absolute Gasteiger partial charge is 0.389 e. The molecule has 0 saturated carbocycles. The second-order valence-electron chi connectivity index (χ2n) is 4.20. The fourth-order valence-corrected chi connectivity index (χ4v) is 2.17. The van der Waals surface area contributed by atoms with Crippen molar-refractivity contribution in [1.29, 1.82) is 0 Å². The number of benzene rings is 1. The standard InChI is InChI=1S/C14H12BrN3OS/c1-8-2-3-10(7-17-8)14(19)18-12-5-4-9(13(16)20)6-11(12)15/h2-7H,1H3,(H2,16,20)(H,18,19). The SMILES string of the molecule is Cc1ccc(C(=O)Nc2ccc(C(N)=S)cc2Br)cn1. The van der Waals surface area contributed by atoms with Crippen LogP contribution in [0.5, 0.6) is 0 Å². The van der Waals surface area contributed by atoms with Crippen LogP contribution in [-0.2, 0) is 0 Å². The second kappa shape index (κ2) is 6.11. The van der Waals surface area contributed by atoms with E-state index in [2.05, 4.69) is 26.2 Å². The Balaban J connectivity index is 2.19. The molecule has 0 aliphatic carbocycles. The Morgan fingerprint density at radius 1 is 1.30 bits per heavy atom. The summed E-state index contributed by atoms with van der Waals surface area (Å²) >= 11 is 8.29. The van der Waals surface area contributed by atoms with Gasteiger partial charge in [0.15, 0.2) is 0 Å². The maximum atomic E-state index is 12.1. The van der Waals surface area contributed by atoms with Crippen LogP contribution in [0.2, 0.25) is 0 Å². The van der Waals surface area contributed by atoms with Gasteiger partial charge >= 0.3 is 0 Å². The number of aryl methyl sites for hydroxylation is 1. The van der Waals surface area contributed by atoms with Crippen molar-refractivity contribution in [2.45, 2.75) is 6.92 Å². The molecule has 1 amide bonds. The third-order valence-electron chi connectivity index (χ3n) is 2.68. The zero-order valence-corrected chi connectivity index (χ0v) is 13.1.